The summed E-state index contributed by atoms with van der Waals surface area (Å²) in [4.78, 5) is 18.8. The van der Waals surface area contributed by atoms with Crippen LogP contribution in [0.25, 0.3) is 5.82 Å². The van der Waals surface area contributed by atoms with Crippen molar-refractivity contribution in [3.63, 3.8) is 0 Å². The van der Waals surface area contributed by atoms with E-state index in [-0.39, 0.29) is 5.91 Å². The second kappa shape index (κ2) is 6.28. The fourth-order valence-corrected chi connectivity index (χ4v) is 3.09. The van der Waals surface area contributed by atoms with E-state index in [4.69, 9.17) is 23.2 Å². The Morgan fingerprint density at radius 1 is 1.45 bits per heavy atom. The van der Waals surface area contributed by atoms with Gasteiger partial charge in [-0.25, -0.2) is 4.98 Å². The Balaban J connectivity index is 1.75. The number of carbonyl (C=O) groups is 1. The van der Waals surface area contributed by atoms with Crippen LogP contribution in [0.3, 0.4) is 0 Å². The smallest absolute Gasteiger partial charge is 0.268 e. The predicted molar refractivity (Wildman–Crippen MR) is 86.9 cm³/mol. The summed E-state index contributed by atoms with van der Waals surface area (Å²) in [6.45, 7) is 2.72. The molecule has 1 aliphatic rings. The molecule has 1 N–H and O–H groups in total. The van der Waals surface area contributed by atoms with Gasteiger partial charge >= 0.3 is 0 Å². The van der Waals surface area contributed by atoms with Gasteiger partial charge in [0.1, 0.15) is 5.69 Å². The molecule has 5 nitrogen and oxygen atoms in total. The first-order valence-electron chi connectivity index (χ1n) is 7.00. The average molecular weight is 339 g/mol. The molecule has 7 heteroatoms. The van der Waals surface area contributed by atoms with Crippen molar-refractivity contribution in [1.29, 1.82) is 0 Å². The van der Waals surface area contributed by atoms with E-state index in [0.29, 0.717) is 34.0 Å². The van der Waals surface area contributed by atoms with E-state index < -0.39 is 0 Å². The van der Waals surface area contributed by atoms with Gasteiger partial charge < -0.3 is 10.2 Å². The van der Waals surface area contributed by atoms with Crippen LogP contribution in [0.4, 0.5) is 0 Å². The van der Waals surface area contributed by atoms with Crippen molar-refractivity contribution in [2.75, 3.05) is 26.7 Å². The standard InChI is InChI=1S/C15H16Cl2N4O/c1-20-8-10(9-20)6-19-15(22)13-3-2-4-21(13)14-12(17)5-11(16)7-18-14/h2-5,7,10H,6,8-9H2,1H3,(H,19,22). The minimum Gasteiger partial charge on any atom is -0.350 e. The molecule has 1 amide bonds. The van der Waals surface area contributed by atoms with Crippen molar-refractivity contribution >= 4 is 29.1 Å². The van der Waals surface area contributed by atoms with Crippen LogP contribution >= 0.6 is 23.2 Å². The lowest BCUT2D eigenvalue weighted by Crippen LogP contribution is -2.49. The van der Waals surface area contributed by atoms with E-state index in [1.54, 1.807) is 29.0 Å². The number of aromatic nitrogens is 2. The number of amides is 1. The highest BCUT2D eigenvalue weighted by Crippen LogP contribution is 2.23. The van der Waals surface area contributed by atoms with Gasteiger partial charge in [0.15, 0.2) is 5.82 Å². The minimum absolute atomic E-state index is 0.132. The summed E-state index contributed by atoms with van der Waals surface area (Å²) in [5.74, 6) is 0.881. The molecule has 0 aromatic carbocycles. The van der Waals surface area contributed by atoms with Crippen LogP contribution < -0.4 is 5.32 Å². The summed E-state index contributed by atoms with van der Waals surface area (Å²) in [7, 11) is 2.07. The number of nitrogens with one attached hydrogen (secondary N) is 1. The quantitative estimate of drug-likeness (QED) is 0.931. The highest BCUT2D eigenvalue weighted by molar-refractivity contribution is 6.35. The molecule has 1 saturated heterocycles. The van der Waals surface area contributed by atoms with Gasteiger partial charge in [0, 0.05) is 37.9 Å². The Morgan fingerprint density at radius 3 is 2.91 bits per heavy atom. The van der Waals surface area contributed by atoms with Crippen molar-refractivity contribution < 1.29 is 4.79 Å². The third-order valence-corrected chi connectivity index (χ3v) is 4.17. The molecule has 3 heterocycles. The number of nitrogens with zero attached hydrogens (tertiary/aromatic N) is 3. The molecule has 0 aliphatic carbocycles. The van der Waals surface area contributed by atoms with E-state index in [2.05, 4.69) is 22.2 Å². The summed E-state index contributed by atoms with van der Waals surface area (Å²) < 4.78 is 1.67. The fourth-order valence-electron chi connectivity index (χ4n) is 2.62. The van der Waals surface area contributed by atoms with Gasteiger partial charge in [0.05, 0.1) is 10.0 Å². The Bertz CT molecular complexity index is 695. The molecular formula is C15H16Cl2N4O. The molecule has 0 saturated carbocycles. The normalized spacial score (nSPS) is 15.6. The zero-order valence-corrected chi connectivity index (χ0v) is 13.6. The Kier molecular flexibility index (Phi) is 4.38. The van der Waals surface area contributed by atoms with Gasteiger partial charge in [0.25, 0.3) is 5.91 Å². The summed E-state index contributed by atoms with van der Waals surface area (Å²) in [5.41, 5.74) is 0.504. The molecule has 22 heavy (non-hydrogen) atoms. The summed E-state index contributed by atoms with van der Waals surface area (Å²) in [5, 5.41) is 3.83. The Hall–Kier alpha value is -1.56. The molecule has 116 valence electrons. The van der Waals surface area contributed by atoms with E-state index in [9.17, 15) is 4.79 Å². The number of rotatable bonds is 4. The van der Waals surface area contributed by atoms with Crippen LogP contribution in [0, 0.1) is 5.92 Å². The number of pyridine rings is 1. The van der Waals surface area contributed by atoms with Crippen LogP contribution in [0.15, 0.2) is 30.6 Å². The Labute approximate surface area is 138 Å². The molecule has 0 spiro atoms. The first-order chi connectivity index (χ1) is 10.5. The molecule has 0 bridgehead atoms. The number of likely N-dealkylation sites (tertiary alicyclic amines) is 1. The second-order valence-electron chi connectivity index (χ2n) is 5.52. The van der Waals surface area contributed by atoms with E-state index >= 15 is 0 Å². The average Bonchev–Trinajstić information content (AvgIpc) is 2.91. The van der Waals surface area contributed by atoms with Crippen LogP contribution in [0.2, 0.25) is 10.0 Å². The molecule has 2 aromatic heterocycles. The number of halogens is 2. The van der Waals surface area contributed by atoms with Gasteiger partial charge in [0.2, 0.25) is 0 Å². The maximum absolute atomic E-state index is 12.4. The van der Waals surface area contributed by atoms with Crippen LogP contribution in [0.1, 0.15) is 10.5 Å². The van der Waals surface area contributed by atoms with E-state index in [1.807, 2.05) is 0 Å². The topological polar surface area (TPSA) is 50.2 Å². The van der Waals surface area contributed by atoms with Crippen molar-refractivity contribution in [2.45, 2.75) is 0 Å². The third kappa shape index (κ3) is 3.11. The molecule has 0 radical (unpaired) electrons. The van der Waals surface area contributed by atoms with Gasteiger partial charge in [-0.05, 0) is 25.2 Å². The van der Waals surface area contributed by atoms with Gasteiger partial charge in [-0.1, -0.05) is 23.2 Å². The zero-order chi connectivity index (χ0) is 15.7. The highest BCUT2D eigenvalue weighted by atomic mass is 35.5. The first-order valence-corrected chi connectivity index (χ1v) is 7.75. The van der Waals surface area contributed by atoms with Gasteiger partial charge in [-0.3, -0.25) is 9.36 Å². The van der Waals surface area contributed by atoms with Gasteiger partial charge in [-0.15, -0.1) is 0 Å². The number of carbonyl (C=O) groups excluding carboxylic acids is 1. The first kappa shape index (κ1) is 15.3. The number of hydrogen-bond acceptors (Lipinski definition) is 3. The molecule has 1 fully saturated rings. The zero-order valence-electron chi connectivity index (χ0n) is 12.1. The van der Waals surface area contributed by atoms with E-state index in [0.717, 1.165) is 13.1 Å². The van der Waals surface area contributed by atoms with Crippen LogP contribution in [0.5, 0.6) is 0 Å². The molecule has 3 rings (SSSR count). The maximum Gasteiger partial charge on any atom is 0.268 e. The fraction of sp³-hybridized carbons (Fsp3) is 0.333. The molecule has 1 aliphatic heterocycles. The highest BCUT2D eigenvalue weighted by Gasteiger charge is 2.24. The lowest BCUT2D eigenvalue weighted by atomic mass is 10.0. The second-order valence-corrected chi connectivity index (χ2v) is 6.36. The third-order valence-electron chi connectivity index (χ3n) is 3.69. The molecule has 0 atom stereocenters. The largest absolute Gasteiger partial charge is 0.350 e. The summed E-state index contributed by atoms with van der Waals surface area (Å²) in [6, 6.07) is 5.14. The van der Waals surface area contributed by atoms with E-state index in [1.165, 1.54) is 6.20 Å². The molecular weight excluding hydrogens is 323 g/mol. The lowest BCUT2D eigenvalue weighted by Gasteiger charge is -2.36. The Morgan fingerprint density at radius 2 is 2.23 bits per heavy atom. The SMILES string of the molecule is CN1CC(CNC(=O)c2cccn2-c2ncc(Cl)cc2Cl)C1. The van der Waals surface area contributed by atoms with Crippen molar-refractivity contribution in [2.24, 2.45) is 5.92 Å². The molecule has 2 aromatic rings. The minimum atomic E-state index is -0.132. The van der Waals surface area contributed by atoms with Crippen LogP contribution in [-0.2, 0) is 0 Å². The van der Waals surface area contributed by atoms with Crippen LogP contribution in [-0.4, -0.2) is 47.0 Å². The predicted octanol–water partition coefficient (Wildman–Crippen LogP) is 2.47. The summed E-state index contributed by atoms with van der Waals surface area (Å²) in [6.07, 6.45) is 3.27. The maximum atomic E-state index is 12.4. The lowest BCUT2D eigenvalue weighted by molar-refractivity contribution is 0.0891. The monoisotopic (exact) mass is 338 g/mol. The summed E-state index contributed by atoms with van der Waals surface area (Å²) >= 11 is 12.0. The molecule has 0 unspecified atom stereocenters. The van der Waals surface area contributed by atoms with Gasteiger partial charge in [-0.2, -0.15) is 0 Å². The van der Waals surface area contributed by atoms with Crippen molar-refractivity contribution in [3.05, 3.63) is 46.3 Å². The number of hydrogen-bond donors (Lipinski definition) is 1. The van der Waals surface area contributed by atoms with Crippen molar-refractivity contribution in [1.82, 2.24) is 19.8 Å². The van der Waals surface area contributed by atoms with Crippen molar-refractivity contribution in [3.8, 4) is 5.82 Å².